The molecule has 2 aromatic rings. The molecule has 0 amide bonds. The zero-order valence-electron chi connectivity index (χ0n) is 12.1. The van der Waals surface area contributed by atoms with Gasteiger partial charge >= 0.3 is 0 Å². The van der Waals surface area contributed by atoms with Crippen molar-refractivity contribution in [2.75, 3.05) is 20.8 Å². The van der Waals surface area contributed by atoms with Gasteiger partial charge < -0.3 is 14.8 Å². The van der Waals surface area contributed by atoms with E-state index in [1.807, 2.05) is 29.8 Å². The van der Waals surface area contributed by atoms with Gasteiger partial charge in [0.05, 0.1) is 19.2 Å². The predicted molar refractivity (Wildman–Crippen MR) is 81.8 cm³/mol. The molecule has 1 heterocycles. The molecule has 4 nitrogen and oxygen atoms in total. The molecule has 1 atom stereocenters. The maximum Gasteiger partial charge on any atom is 0.165 e. The van der Waals surface area contributed by atoms with E-state index in [0.717, 1.165) is 35.2 Å². The third kappa shape index (κ3) is 3.49. The van der Waals surface area contributed by atoms with Crippen LogP contribution in [0.15, 0.2) is 29.8 Å². The Labute approximate surface area is 123 Å². The molecule has 0 saturated heterocycles. The van der Waals surface area contributed by atoms with Crippen LogP contribution < -0.4 is 14.8 Å². The number of para-hydroxylation sites is 1. The molecule has 0 bridgehead atoms. The maximum atomic E-state index is 5.42. The number of ether oxygens (including phenoxy) is 2. The average Bonchev–Trinajstić information content (AvgIpc) is 3.01. The number of nitrogens with one attached hydrogen (secondary N) is 1. The maximum absolute atomic E-state index is 5.42. The van der Waals surface area contributed by atoms with E-state index < -0.39 is 0 Å². The molecule has 0 aliphatic carbocycles. The van der Waals surface area contributed by atoms with Crippen LogP contribution in [0, 0.1) is 0 Å². The zero-order chi connectivity index (χ0) is 14.4. The van der Waals surface area contributed by atoms with Crippen molar-refractivity contribution < 1.29 is 9.47 Å². The van der Waals surface area contributed by atoms with Gasteiger partial charge in [-0.25, -0.2) is 4.98 Å². The van der Waals surface area contributed by atoms with E-state index in [-0.39, 0.29) is 0 Å². The van der Waals surface area contributed by atoms with Crippen molar-refractivity contribution in [1.82, 2.24) is 10.3 Å². The van der Waals surface area contributed by atoms with Crippen LogP contribution in [0.25, 0.3) is 0 Å². The van der Waals surface area contributed by atoms with Crippen LogP contribution in [0.3, 0.4) is 0 Å². The number of hydrogen-bond donors (Lipinski definition) is 1. The Kier molecular flexibility index (Phi) is 5.38. The van der Waals surface area contributed by atoms with E-state index >= 15 is 0 Å². The number of rotatable bonds is 7. The Hall–Kier alpha value is -1.59. The summed E-state index contributed by atoms with van der Waals surface area (Å²) in [5.74, 6) is 1.97. The first-order chi connectivity index (χ1) is 9.76. The van der Waals surface area contributed by atoms with E-state index in [9.17, 15) is 0 Å². The van der Waals surface area contributed by atoms with Gasteiger partial charge in [0.15, 0.2) is 11.5 Å². The van der Waals surface area contributed by atoms with E-state index in [1.165, 1.54) is 0 Å². The van der Waals surface area contributed by atoms with Crippen LogP contribution in [-0.2, 0) is 6.54 Å². The lowest BCUT2D eigenvalue weighted by atomic mass is 10.1. The molecule has 1 unspecified atom stereocenters. The van der Waals surface area contributed by atoms with E-state index in [2.05, 4.69) is 17.2 Å². The molecule has 0 spiro atoms. The number of methoxy groups -OCH3 is 2. The molecule has 5 heteroatoms. The Morgan fingerprint density at radius 2 is 2.15 bits per heavy atom. The number of hydrogen-bond acceptors (Lipinski definition) is 5. The van der Waals surface area contributed by atoms with Crippen molar-refractivity contribution in [3.05, 3.63) is 40.3 Å². The number of thiazole rings is 1. The molecule has 0 radical (unpaired) electrons. The highest BCUT2D eigenvalue weighted by Gasteiger charge is 2.11. The van der Waals surface area contributed by atoms with Gasteiger partial charge in [-0.1, -0.05) is 19.1 Å². The summed E-state index contributed by atoms with van der Waals surface area (Å²) in [6.45, 7) is 3.80. The summed E-state index contributed by atoms with van der Waals surface area (Å²) in [5.41, 5.74) is 1.10. The van der Waals surface area contributed by atoms with Gasteiger partial charge in [-0.3, -0.25) is 0 Å². The summed E-state index contributed by atoms with van der Waals surface area (Å²) in [6, 6.07) is 5.92. The molecule has 1 aromatic carbocycles. The second-order valence-corrected chi connectivity index (χ2v) is 5.48. The first-order valence-corrected chi connectivity index (χ1v) is 7.44. The van der Waals surface area contributed by atoms with Gasteiger partial charge in [-0.15, -0.1) is 11.3 Å². The topological polar surface area (TPSA) is 43.4 Å². The summed E-state index contributed by atoms with van der Waals surface area (Å²) in [6.07, 6.45) is 1.85. The van der Waals surface area contributed by atoms with Crippen molar-refractivity contribution in [2.45, 2.75) is 19.4 Å². The Bertz CT molecular complexity index is 529. The van der Waals surface area contributed by atoms with Gasteiger partial charge in [-0.05, 0) is 6.07 Å². The van der Waals surface area contributed by atoms with Crippen LogP contribution in [0.5, 0.6) is 11.5 Å². The summed E-state index contributed by atoms with van der Waals surface area (Å²) in [5, 5.41) is 6.62. The normalized spacial score (nSPS) is 12.2. The minimum absolute atomic E-state index is 0.409. The van der Waals surface area contributed by atoms with Crippen molar-refractivity contribution in [2.24, 2.45) is 0 Å². The summed E-state index contributed by atoms with van der Waals surface area (Å²) in [4.78, 5) is 4.34. The number of aromatic nitrogens is 1. The highest BCUT2D eigenvalue weighted by atomic mass is 32.1. The van der Waals surface area contributed by atoms with Crippen molar-refractivity contribution in [1.29, 1.82) is 0 Å². The van der Waals surface area contributed by atoms with E-state index in [1.54, 1.807) is 25.6 Å². The van der Waals surface area contributed by atoms with Gasteiger partial charge in [0.2, 0.25) is 0 Å². The second kappa shape index (κ2) is 7.26. The minimum Gasteiger partial charge on any atom is -0.493 e. The molecule has 2 rings (SSSR count). The van der Waals surface area contributed by atoms with Crippen molar-refractivity contribution >= 4 is 11.3 Å². The predicted octanol–water partition coefficient (Wildman–Crippen LogP) is 3.05. The van der Waals surface area contributed by atoms with Gasteiger partial charge in [0.1, 0.15) is 0 Å². The standard InChI is InChI=1S/C15H20N2O2S/c1-11(15-17-7-8-20-15)9-16-10-12-5-4-6-13(18-2)14(12)19-3/h4-8,11,16H,9-10H2,1-3H3. The Balaban J connectivity index is 1.94. The van der Waals surface area contributed by atoms with E-state index in [0.29, 0.717) is 5.92 Å². The molecule has 1 aromatic heterocycles. The highest BCUT2D eigenvalue weighted by molar-refractivity contribution is 7.09. The van der Waals surface area contributed by atoms with Crippen LogP contribution in [0.2, 0.25) is 0 Å². The SMILES string of the molecule is COc1cccc(CNCC(C)c2nccs2)c1OC. The van der Waals surface area contributed by atoms with Gasteiger partial charge in [0.25, 0.3) is 0 Å². The lowest BCUT2D eigenvalue weighted by Crippen LogP contribution is -2.20. The second-order valence-electron chi connectivity index (χ2n) is 4.55. The molecular formula is C15H20N2O2S. The largest absolute Gasteiger partial charge is 0.493 e. The van der Waals surface area contributed by atoms with Crippen LogP contribution in [0.1, 0.15) is 23.4 Å². The third-order valence-corrected chi connectivity index (χ3v) is 4.13. The third-order valence-electron chi connectivity index (χ3n) is 3.12. The number of benzene rings is 1. The van der Waals surface area contributed by atoms with Gasteiger partial charge in [0, 0.05) is 36.1 Å². The zero-order valence-corrected chi connectivity index (χ0v) is 12.9. The lowest BCUT2D eigenvalue weighted by Gasteiger charge is -2.14. The van der Waals surface area contributed by atoms with Crippen molar-refractivity contribution in [3.8, 4) is 11.5 Å². The molecule has 108 valence electrons. The molecule has 0 fully saturated rings. The fourth-order valence-corrected chi connectivity index (χ4v) is 2.78. The number of nitrogens with zero attached hydrogens (tertiary/aromatic N) is 1. The quantitative estimate of drug-likeness (QED) is 0.852. The monoisotopic (exact) mass is 292 g/mol. The molecule has 20 heavy (non-hydrogen) atoms. The fourth-order valence-electron chi connectivity index (χ4n) is 2.08. The highest BCUT2D eigenvalue weighted by Crippen LogP contribution is 2.30. The first kappa shape index (κ1) is 14.8. The smallest absolute Gasteiger partial charge is 0.165 e. The molecule has 0 saturated carbocycles. The van der Waals surface area contributed by atoms with Crippen molar-refractivity contribution in [3.63, 3.8) is 0 Å². The van der Waals surface area contributed by atoms with Crippen LogP contribution >= 0.6 is 11.3 Å². The average molecular weight is 292 g/mol. The van der Waals surface area contributed by atoms with Crippen LogP contribution in [0.4, 0.5) is 0 Å². The molecular weight excluding hydrogens is 272 g/mol. The molecule has 1 N–H and O–H groups in total. The molecule has 0 aliphatic heterocycles. The van der Waals surface area contributed by atoms with Gasteiger partial charge in [-0.2, -0.15) is 0 Å². The lowest BCUT2D eigenvalue weighted by molar-refractivity contribution is 0.350. The summed E-state index contributed by atoms with van der Waals surface area (Å²) >= 11 is 1.70. The fraction of sp³-hybridized carbons (Fsp3) is 0.400. The summed E-state index contributed by atoms with van der Waals surface area (Å²) < 4.78 is 10.7. The Morgan fingerprint density at radius 3 is 2.80 bits per heavy atom. The minimum atomic E-state index is 0.409. The first-order valence-electron chi connectivity index (χ1n) is 6.56. The van der Waals surface area contributed by atoms with Crippen LogP contribution in [-0.4, -0.2) is 25.7 Å². The Morgan fingerprint density at radius 1 is 1.30 bits per heavy atom. The van der Waals surface area contributed by atoms with E-state index in [4.69, 9.17) is 9.47 Å². The molecule has 0 aliphatic rings. The summed E-state index contributed by atoms with van der Waals surface area (Å²) in [7, 11) is 3.32.